The summed E-state index contributed by atoms with van der Waals surface area (Å²) in [5.41, 5.74) is 4.68. The van der Waals surface area contributed by atoms with Gasteiger partial charge in [0.1, 0.15) is 37.2 Å². The number of aryl methyl sites for hydroxylation is 1. The number of rotatable bonds is 26. The molecule has 468 valence electrons. The van der Waals surface area contributed by atoms with Crippen molar-refractivity contribution in [3.05, 3.63) is 231 Å². The van der Waals surface area contributed by atoms with Crippen molar-refractivity contribution in [2.75, 3.05) is 45.8 Å². The van der Waals surface area contributed by atoms with Crippen LogP contribution in [0.15, 0.2) is 182 Å². The minimum absolute atomic E-state index is 0.0556. The predicted octanol–water partition coefficient (Wildman–Crippen LogP) is 12.5. The highest BCUT2D eigenvalue weighted by molar-refractivity contribution is 8.01. The molecule has 0 spiro atoms. The van der Waals surface area contributed by atoms with Gasteiger partial charge >= 0.3 is 12.1 Å². The molecule has 7 aromatic carbocycles. The third kappa shape index (κ3) is 15.7. The summed E-state index contributed by atoms with van der Waals surface area (Å²) >= 11 is 1.65. The highest BCUT2D eigenvalue weighted by Gasteiger charge is 2.47. The number of esters is 1. The summed E-state index contributed by atoms with van der Waals surface area (Å²) in [5.74, 6) is -1.18. The fourth-order valence-corrected chi connectivity index (χ4v) is 13.1. The van der Waals surface area contributed by atoms with Gasteiger partial charge in [-0.05, 0) is 133 Å². The van der Waals surface area contributed by atoms with Crippen LogP contribution in [-0.2, 0) is 46.4 Å². The Morgan fingerprint density at radius 3 is 1.99 bits per heavy atom. The van der Waals surface area contributed by atoms with E-state index in [2.05, 4.69) is 47.0 Å². The van der Waals surface area contributed by atoms with Gasteiger partial charge in [-0.2, -0.15) is 0 Å². The number of methoxy groups -OCH3 is 2. The first-order chi connectivity index (χ1) is 43.5. The van der Waals surface area contributed by atoms with Crippen molar-refractivity contribution >= 4 is 58.7 Å². The molecule has 19 heteroatoms. The highest BCUT2D eigenvalue weighted by atomic mass is 32.2. The van der Waals surface area contributed by atoms with E-state index < -0.39 is 68.8 Å². The summed E-state index contributed by atoms with van der Waals surface area (Å²) in [5, 5.41) is 16.9. The topological polar surface area (TPSA) is 222 Å². The van der Waals surface area contributed by atoms with Crippen molar-refractivity contribution in [2.24, 2.45) is 5.41 Å². The number of amides is 4. The zero-order valence-corrected chi connectivity index (χ0v) is 52.0. The van der Waals surface area contributed by atoms with Gasteiger partial charge in [0.2, 0.25) is 11.7 Å². The van der Waals surface area contributed by atoms with Crippen molar-refractivity contribution in [1.29, 1.82) is 0 Å². The molecule has 2 fully saturated rings. The zero-order chi connectivity index (χ0) is 63.8. The van der Waals surface area contributed by atoms with E-state index in [0.717, 1.165) is 22.3 Å². The second-order valence-electron chi connectivity index (χ2n) is 22.9. The van der Waals surface area contributed by atoms with E-state index in [1.807, 2.05) is 85.8 Å². The van der Waals surface area contributed by atoms with Crippen molar-refractivity contribution in [1.82, 2.24) is 15.1 Å². The van der Waals surface area contributed by atoms with E-state index in [-0.39, 0.29) is 55.8 Å². The Balaban J connectivity index is 0.878. The lowest BCUT2D eigenvalue weighted by atomic mass is 9.84. The highest BCUT2D eigenvalue weighted by Crippen LogP contribution is 2.52. The Hall–Kier alpha value is -9.49. The van der Waals surface area contributed by atoms with E-state index in [1.165, 1.54) is 34.1 Å². The van der Waals surface area contributed by atoms with Gasteiger partial charge in [-0.25, -0.2) is 9.59 Å². The second kappa shape index (κ2) is 30.1. The Morgan fingerprint density at radius 2 is 1.36 bits per heavy atom. The number of nitrogens with zero attached hydrogens (tertiary/aromatic N) is 3. The smallest absolute Gasteiger partial charge is 0.410 e. The summed E-state index contributed by atoms with van der Waals surface area (Å²) in [7, 11) is 3.12. The minimum Gasteiger partial charge on any atom is -0.493 e. The SMILES string of the molecule is CCC(C)(C)C(=O)C(=O)N1CCCCC1C(=O)O[C@H](CCc1ccc(OC)c(OC)c1)c1cccc(OCCNC(=O)c2cccc(NC(=O)[C@@H]3C[C@H](SC(c4ccccc4)(c4ccccc4)c4ccccc4)CN3C(=O)OCc3ccc([N+](=O)[O-])cc3)c2)c1. The summed E-state index contributed by atoms with van der Waals surface area (Å²) in [4.78, 5) is 97.7. The van der Waals surface area contributed by atoms with Gasteiger partial charge in [-0.3, -0.25) is 34.2 Å². The van der Waals surface area contributed by atoms with Crippen molar-refractivity contribution in [3.63, 3.8) is 0 Å². The second-order valence-corrected chi connectivity index (χ2v) is 24.4. The van der Waals surface area contributed by atoms with Gasteiger partial charge in [0.25, 0.3) is 17.5 Å². The molecule has 2 saturated heterocycles. The summed E-state index contributed by atoms with van der Waals surface area (Å²) in [6.45, 7) is 5.68. The van der Waals surface area contributed by atoms with Gasteiger partial charge in [0.05, 0.1) is 30.4 Å². The molecule has 9 rings (SSSR count). The number of benzene rings is 7. The lowest BCUT2D eigenvalue weighted by molar-refractivity contribution is -0.384. The molecule has 2 aliphatic rings. The summed E-state index contributed by atoms with van der Waals surface area (Å²) in [6.07, 6.45) is 1.70. The molecule has 2 heterocycles. The van der Waals surface area contributed by atoms with E-state index >= 15 is 0 Å². The number of Topliss-reactive ketones (excluding diaryl/α,β-unsaturated/α-hetero) is 1. The molecule has 0 bridgehead atoms. The standard InChI is InChI=1S/C71H75N5O13S/c1-6-70(2,3)64(77)67(80)74-40-17-16-30-59(74)68(81)89-61(37-33-48-34-38-62(85-4)63(42-48)86-5)50-20-19-29-57(44-50)87-41-39-72-65(78)51-21-18-28-55(43-51)73-66(79)60-45-58(46-75(60)69(82)88-47-49-31-35-56(36-32-49)76(83)84)90-71(52-22-10-7-11-23-52,53-24-12-8-13-25-53)54-26-14-9-15-27-54/h7-15,18-29,31-32,34-36,38,42-44,58-61H,6,16-17,30,33,37,39-41,45-47H2,1-5H3,(H,72,78)(H,73,79)/t58-,59?,60-,61+/m0/s1. The molecule has 4 amide bonds. The monoisotopic (exact) mass is 1240 g/mol. The van der Waals surface area contributed by atoms with E-state index in [0.29, 0.717) is 72.6 Å². The molecule has 7 aromatic rings. The molecule has 4 atom stereocenters. The largest absolute Gasteiger partial charge is 0.493 e. The normalized spacial score (nSPS) is 16.0. The number of thioether (sulfide) groups is 1. The van der Waals surface area contributed by atoms with Gasteiger partial charge in [-0.1, -0.05) is 136 Å². The van der Waals surface area contributed by atoms with Gasteiger partial charge in [0.15, 0.2) is 11.5 Å². The molecule has 90 heavy (non-hydrogen) atoms. The number of nitro groups is 1. The average Bonchev–Trinajstić information content (AvgIpc) is 1.27. The number of hydrogen-bond donors (Lipinski definition) is 2. The van der Waals surface area contributed by atoms with Gasteiger partial charge in [-0.15, -0.1) is 11.8 Å². The number of ketones is 1. The summed E-state index contributed by atoms with van der Waals surface area (Å²) in [6, 6.07) is 53.3. The molecule has 1 unspecified atom stereocenters. The molecule has 0 radical (unpaired) electrons. The molecule has 2 N–H and O–H groups in total. The number of nitrogens with one attached hydrogen (secondary N) is 2. The van der Waals surface area contributed by atoms with Crippen LogP contribution in [0.3, 0.4) is 0 Å². The maximum absolute atomic E-state index is 14.7. The fraction of sp³-hybridized carbons (Fsp3) is 0.324. The maximum Gasteiger partial charge on any atom is 0.410 e. The Kier molecular flexibility index (Phi) is 21.8. The van der Waals surface area contributed by atoms with Crippen molar-refractivity contribution < 1.29 is 57.4 Å². The first-order valence-electron chi connectivity index (χ1n) is 30.2. The quantitative estimate of drug-likeness (QED) is 0.0129. The number of non-ortho nitro benzene ring substituents is 1. The van der Waals surface area contributed by atoms with Crippen LogP contribution in [0.5, 0.6) is 17.2 Å². The van der Waals surface area contributed by atoms with Crippen LogP contribution in [0.2, 0.25) is 0 Å². The molecule has 2 aliphatic heterocycles. The fourth-order valence-electron chi connectivity index (χ4n) is 11.3. The van der Waals surface area contributed by atoms with Crippen LogP contribution >= 0.6 is 11.8 Å². The molecule has 0 saturated carbocycles. The Bertz CT molecular complexity index is 3550. The zero-order valence-electron chi connectivity index (χ0n) is 51.2. The van der Waals surface area contributed by atoms with Crippen LogP contribution in [0.25, 0.3) is 0 Å². The molecule has 0 aliphatic carbocycles. The minimum atomic E-state index is -1.01. The van der Waals surface area contributed by atoms with Crippen molar-refractivity contribution in [3.8, 4) is 17.2 Å². The van der Waals surface area contributed by atoms with E-state index in [9.17, 15) is 38.9 Å². The number of hydrogen-bond acceptors (Lipinski definition) is 14. The lowest BCUT2D eigenvalue weighted by Gasteiger charge is -2.37. The third-order valence-corrected chi connectivity index (χ3v) is 18.3. The number of likely N-dealkylation sites (tertiary alicyclic amines) is 2. The van der Waals surface area contributed by atoms with Crippen LogP contribution in [0, 0.1) is 15.5 Å². The Morgan fingerprint density at radius 1 is 0.711 bits per heavy atom. The van der Waals surface area contributed by atoms with Crippen LogP contribution in [-0.4, -0.2) is 108 Å². The number of piperidine rings is 1. The first kappa shape index (κ1) is 65.0. The predicted molar refractivity (Wildman–Crippen MR) is 343 cm³/mol. The van der Waals surface area contributed by atoms with Crippen LogP contribution < -0.4 is 24.8 Å². The number of ether oxygens (including phenoxy) is 5. The Labute approximate surface area is 528 Å². The summed E-state index contributed by atoms with van der Waals surface area (Å²) < 4.78 is 28.6. The van der Waals surface area contributed by atoms with Gasteiger partial charge < -0.3 is 39.2 Å². The van der Waals surface area contributed by atoms with E-state index in [1.54, 1.807) is 82.3 Å². The van der Waals surface area contributed by atoms with Crippen molar-refractivity contribution in [2.45, 2.75) is 101 Å². The number of carbonyl (C=O) groups excluding carboxylic acids is 6. The average molecular weight is 1240 g/mol. The maximum atomic E-state index is 14.7. The van der Waals surface area contributed by atoms with Crippen LogP contribution in [0.1, 0.15) is 109 Å². The molecular weight excluding hydrogens is 1160 g/mol. The molecular formula is C71H75N5O13S. The van der Waals surface area contributed by atoms with Gasteiger partial charge in [0, 0.05) is 47.1 Å². The number of anilines is 1. The first-order valence-corrected chi connectivity index (χ1v) is 31.1. The van der Waals surface area contributed by atoms with E-state index in [4.69, 9.17) is 23.7 Å². The van der Waals surface area contributed by atoms with Crippen LogP contribution in [0.4, 0.5) is 16.2 Å². The third-order valence-electron chi connectivity index (χ3n) is 16.6. The lowest BCUT2D eigenvalue weighted by Crippen LogP contribution is -2.53. The number of carbonyl (C=O) groups is 6. The molecule has 0 aromatic heterocycles. The molecule has 18 nitrogen and oxygen atoms in total. The number of nitro benzene ring substituents is 1.